The Hall–Kier alpha value is -5.03. The number of benzene rings is 3. The van der Waals surface area contributed by atoms with Crippen LogP contribution in [0.3, 0.4) is 0 Å². The minimum atomic E-state index is -0.748. The van der Waals surface area contributed by atoms with Crippen molar-refractivity contribution in [3.63, 3.8) is 0 Å². The number of aromatic nitrogens is 1. The predicted octanol–water partition coefficient (Wildman–Crippen LogP) is 6.31. The molecule has 0 radical (unpaired) electrons. The summed E-state index contributed by atoms with van der Waals surface area (Å²) in [6.45, 7) is 1.38. The molecule has 44 heavy (non-hydrogen) atoms. The van der Waals surface area contributed by atoms with Crippen molar-refractivity contribution in [3.05, 3.63) is 111 Å². The number of Topliss-reactive ketones (excluding diaryl/α,β-unsaturated/α-hetero) is 1. The number of ketones is 1. The maximum Gasteiger partial charge on any atom is 0.339 e. The van der Waals surface area contributed by atoms with Gasteiger partial charge in [0.1, 0.15) is 0 Å². The maximum absolute atomic E-state index is 13.3. The number of halogens is 1. The van der Waals surface area contributed by atoms with Crippen molar-refractivity contribution in [2.24, 2.45) is 17.8 Å². The van der Waals surface area contributed by atoms with Crippen LogP contribution in [-0.2, 0) is 14.3 Å². The van der Waals surface area contributed by atoms with E-state index in [9.17, 15) is 29.3 Å². The number of esters is 1. The van der Waals surface area contributed by atoms with Gasteiger partial charge in [-0.3, -0.25) is 29.4 Å². The summed E-state index contributed by atoms with van der Waals surface area (Å²) in [5.74, 6) is -2.40. The van der Waals surface area contributed by atoms with Crippen LogP contribution in [0.1, 0.15) is 34.1 Å². The van der Waals surface area contributed by atoms with Gasteiger partial charge in [-0.15, -0.1) is 0 Å². The van der Waals surface area contributed by atoms with Gasteiger partial charge in [0, 0.05) is 33.1 Å². The summed E-state index contributed by atoms with van der Waals surface area (Å²) in [5, 5.41) is 11.4. The van der Waals surface area contributed by atoms with Crippen LogP contribution in [0.4, 0.5) is 11.4 Å². The summed E-state index contributed by atoms with van der Waals surface area (Å²) in [6.07, 6.45) is 4.49. The van der Waals surface area contributed by atoms with Crippen molar-refractivity contribution in [2.45, 2.75) is 13.3 Å². The predicted molar refractivity (Wildman–Crippen MR) is 165 cm³/mol. The number of nitrogens with zero attached hydrogens (tertiary/aromatic N) is 3. The maximum atomic E-state index is 13.3. The van der Waals surface area contributed by atoms with Gasteiger partial charge in [-0.25, -0.2) is 9.78 Å². The Morgan fingerprint density at radius 3 is 2.43 bits per heavy atom. The Balaban J connectivity index is 1.26. The number of allylic oxidation sites excluding steroid dienone is 2. The van der Waals surface area contributed by atoms with Gasteiger partial charge in [0.2, 0.25) is 11.8 Å². The van der Waals surface area contributed by atoms with E-state index >= 15 is 0 Å². The molecule has 4 aromatic rings. The summed E-state index contributed by atoms with van der Waals surface area (Å²) in [5.41, 5.74) is 2.27. The number of anilines is 1. The highest BCUT2D eigenvalue weighted by Gasteiger charge is 2.50. The van der Waals surface area contributed by atoms with E-state index in [2.05, 4.69) is 15.9 Å². The molecule has 11 heteroatoms. The second kappa shape index (κ2) is 11.6. The van der Waals surface area contributed by atoms with E-state index in [1.54, 1.807) is 48.5 Å². The molecule has 1 aliphatic carbocycles. The zero-order valence-electron chi connectivity index (χ0n) is 23.3. The summed E-state index contributed by atoms with van der Waals surface area (Å²) < 4.78 is 6.09. The van der Waals surface area contributed by atoms with Gasteiger partial charge >= 0.3 is 5.97 Å². The lowest BCUT2D eigenvalue weighted by Crippen LogP contribution is -2.31. The molecule has 6 rings (SSSR count). The van der Waals surface area contributed by atoms with Crippen molar-refractivity contribution in [1.82, 2.24) is 4.98 Å². The first-order valence-corrected chi connectivity index (χ1v) is 14.6. The molecule has 0 bridgehead atoms. The quantitative estimate of drug-likeness (QED) is 0.0565. The Morgan fingerprint density at radius 1 is 1.02 bits per heavy atom. The average Bonchev–Trinajstić information content (AvgIpc) is 3.29. The largest absolute Gasteiger partial charge is 0.454 e. The van der Waals surface area contributed by atoms with E-state index in [4.69, 9.17) is 9.72 Å². The molecule has 3 unspecified atom stereocenters. The average molecular weight is 654 g/mol. The van der Waals surface area contributed by atoms with Crippen LogP contribution in [0.15, 0.2) is 89.4 Å². The van der Waals surface area contributed by atoms with E-state index in [1.807, 2.05) is 19.1 Å². The second-order valence-electron chi connectivity index (χ2n) is 10.7. The van der Waals surface area contributed by atoms with Gasteiger partial charge in [0.05, 0.1) is 39.2 Å². The third kappa shape index (κ3) is 5.30. The molecule has 0 N–H and O–H groups in total. The number of fused-ring (bicyclic) bond motifs is 2. The summed E-state index contributed by atoms with van der Waals surface area (Å²) in [4.78, 5) is 68.6. The van der Waals surface area contributed by atoms with E-state index in [0.717, 1.165) is 0 Å². The number of pyridine rings is 1. The zero-order chi connectivity index (χ0) is 31.1. The Kier molecular flexibility index (Phi) is 7.64. The number of carbonyl (C=O) groups is 4. The molecule has 3 atom stereocenters. The minimum Gasteiger partial charge on any atom is -0.454 e. The second-order valence-corrected chi connectivity index (χ2v) is 11.6. The Labute approximate surface area is 259 Å². The minimum absolute atomic E-state index is 0.0149. The number of ether oxygens (including phenoxy) is 1. The van der Waals surface area contributed by atoms with E-state index in [-0.39, 0.29) is 46.4 Å². The van der Waals surface area contributed by atoms with Crippen molar-refractivity contribution >= 4 is 61.8 Å². The molecule has 1 aliphatic heterocycles. The molecule has 0 spiro atoms. The molecule has 2 heterocycles. The SMILES string of the molecule is CC1C=CCC2C(=O)N(c3ccc(-c4cc(C(=O)OCC(=O)c5ccc([N+](=O)[O-])cc5)c5cc(Br)ccc5n4)cc3)C(=O)C12. The fraction of sp³-hybridized carbons (Fsp3) is 0.182. The van der Waals surface area contributed by atoms with E-state index < -0.39 is 23.3 Å². The summed E-state index contributed by atoms with van der Waals surface area (Å²) >= 11 is 3.42. The van der Waals surface area contributed by atoms with Gasteiger partial charge in [-0.05, 0) is 60.9 Å². The molecule has 10 nitrogen and oxygen atoms in total. The van der Waals surface area contributed by atoms with Crippen LogP contribution in [-0.4, -0.2) is 40.1 Å². The number of imide groups is 1. The molecular weight excluding hydrogens is 630 g/mol. The molecule has 3 aromatic carbocycles. The summed E-state index contributed by atoms with van der Waals surface area (Å²) in [6, 6.07) is 18.7. The highest BCUT2D eigenvalue weighted by Crippen LogP contribution is 2.41. The van der Waals surface area contributed by atoms with Crippen molar-refractivity contribution in [3.8, 4) is 11.3 Å². The number of nitro benzene ring substituents is 1. The van der Waals surface area contributed by atoms with E-state index in [1.165, 1.54) is 29.2 Å². The first-order valence-electron chi connectivity index (χ1n) is 13.8. The number of amides is 2. The van der Waals surface area contributed by atoms with Crippen LogP contribution >= 0.6 is 15.9 Å². The summed E-state index contributed by atoms with van der Waals surface area (Å²) in [7, 11) is 0. The van der Waals surface area contributed by atoms with Crippen LogP contribution in [0.2, 0.25) is 0 Å². The number of hydrogen-bond acceptors (Lipinski definition) is 8. The molecule has 1 aromatic heterocycles. The highest BCUT2D eigenvalue weighted by atomic mass is 79.9. The third-order valence-electron chi connectivity index (χ3n) is 8.02. The number of non-ortho nitro benzene ring substituents is 1. The van der Waals surface area contributed by atoms with Crippen LogP contribution in [0, 0.1) is 27.9 Å². The molecule has 2 amide bonds. The third-order valence-corrected chi connectivity index (χ3v) is 8.51. The molecule has 220 valence electrons. The van der Waals surface area contributed by atoms with Gasteiger partial charge in [-0.2, -0.15) is 0 Å². The van der Waals surface area contributed by atoms with Crippen molar-refractivity contribution in [1.29, 1.82) is 0 Å². The zero-order valence-corrected chi connectivity index (χ0v) is 24.9. The fourth-order valence-corrected chi connectivity index (χ4v) is 6.12. The van der Waals surface area contributed by atoms with Gasteiger partial charge < -0.3 is 4.74 Å². The fourth-order valence-electron chi connectivity index (χ4n) is 5.76. The van der Waals surface area contributed by atoms with Crippen LogP contribution in [0.5, 0.6) is 0 Å². The van der Waals surface area contributed by atoms with Gasteiger partial charge in [-0.1, -0.05) is 47.1 Å². The first-order chi connectivity index (χ1) is 21.1. The normalized spacial score (nSPS) is 19.2. The lowest BCUT2D eigenvalue weighted by Gasteiger charge is -2.22. The van der Waals surface area contributed by atoms with Crippen molar-refractivity contribution < 1.29 is 28.8 Å². The van der Waals surface area contributed by atoms with Crippen LogP contribution < -0.4 is 4.90 Å². The molecular formula is C33H24BrN3O7. The topological polar surface area (TPSA) is 137 Å². The lowest BCUT2D eigenvalue weighted by molar-refractivity contribution is -0.384. The van der Waals surface area contributed by atoms with E-state index in [0.29, 0.717) is 38.7 Å². The number of nitro groups is 1. The molecule has 1 fully saturated rings. The molecule has 1 saturated heterocycles. The van der Waals surface area contributed by atoms with Gasteiger partial charge in [0.15, 0.2) is 12.4 Å². The standard InChI is InChI=1S/C33H24BrN3O7/c1-18-3-2-4-24-30(18)32(40)36(31(24)39)22-10-5-19(6-11-22)28-16-26(25-15-21(34)9-14-27(25)35-28)33(41)44-17-29(38)20-7-12-23(13-8-20)37(42)43/h2-3,5-16,18,24,30H,4,17H2,1H3. The lowest BCUT2D eigenvalue weighted by atomic mass is 9.78. The van der Waals surface area contributed by atoms with Crippen LogP contribution in [0.25, 0.3) is 22.2 Å². The highest BCUT2D eigenvalue weighted by molar-refractivity contribution is 9.10. The smallest absolute Gasteiger partial charge is 0.339 e. The molecule has 2 aliphatic rings. The Bertz CT molecular complexity index is 1890. The Morgan fingerprint density at radius 2 is 1.75 bits per heavy atom. The number of hydrogen-bond donors (Lipinski definition) is 0. The van der Waals surface area contributed by atoms with Crippen molar-refractivity contribution in [2.75, 3.05) is 11.5 Å². The first kappa shape index (κ1) is 29.1. The van der Waals surface area contributed by atoms with Gasteiger partial charge in [0.25, 0.3) is 5.69 Å². The number of carbonyl (C=O) groups excluding carboxylic acids is 4. The monoisotopic (exact) mass is 653 g/mol. The number of rotatable bonds is 7. The molecule has 0 saturated carbocycles.